The predicted molar refractivity (Wildman–Crippen MR) is 71.5 cm³/mol. The van der Waals surface area contributed by atoms with Crippen molar-refractivity contribution in [2.75, 3.05) is 29.5 Å². The van der Waals surface area contributed by atoms with Gasteiger partial charge in [-0.05, 0) is 11.2 Å². The highest BCUT2D eigenvalue weighted by Crippen LogP contribution is 2.20. The van der Waals surface area contributed by atoms with E-state index >= 15 is 0 Å². The summed E-state index contributed by atoms with van der Waals surface area (Å²) < 4.78 is 34.9. The van der Waals surface area contributed by atoms with Crippen molar-refractivity contribution in [1.82, 2.24) is 0 Å². The highest BCUT2D eigenvalue weighted by molar-refractivity contribution is 7.80. The zero-order valence-electron chi connectivity index (χ0n) is 10.5. The number of rotatable bonds is 3. The van der Waals surface area contributed by atoms with Gasteiger partial charge in [-0.25, -0.2) is 4.28 Å². The minimum atomic E-state index is -4.68. The van der Waals surface area contributed by atoms with Gasteiger partial charge in [0.1, 0.15) is 0 Å². The lowest BCUT2D eigenvalue weighted by atomic mass is 10.2. The molecule has 0 saturated carbocycles. The van der Waals surface area contributed by atoms with Gasteiger partial charge in [0, 0.05) is 25.2 Å². The number of pyridine rings is 1. The molecule has 0 unspecified atom stereocenters. The van der Waals surface area contributed by atoms with Crippen molar-refractivity contribution < 1.29 is 27.5 Å². The number of anilines is 3. The Balaban J connectivity index is 0.00000200. The molecule has 10 heteroatoms. The fraction of sp³-hybridized carbons (Fsp3) is 0.300. The first-order valence-electron chi connectivity index (χ1n) is 5.55. The van der Waals surface area contributed by atoms with Crippen molar-refractivity contribution in [2.45, 2.75) is 6.42 Å². The molecule has 0 radical (unpaired) electrons. The van der Waals surface area contributed by atoms with Crippen LogP contribution in [0.1, 0.15) is 6.42 Å². The van der Waals surface area contributed by atoms with Crippen LogP contribution in [0, 0.1) is 0 Å². The van der Waals surface area contributed by atoms with E-state index in [1.807, 2.05) is 11.0 Å². The second-order valence-corrected chi connectivity index (χ2v) is 5.07. The molecule has 2 rings (SSSR count). The zero-order valence-corrected chi connectivity index (χ0v) is 11.3. The van der Waals surface area contributed by atoms with E-state index in [1.54, 1.807) is 0 Å². The Kier molecular flexibility index (Phi) is 4.76. The Morgan fingerprint density at radius 1 is 1.25 bits per heavy atom. The molecule has 0 amide bonds. The standard InChI is InChI=1S/C10H14N4O4S.H2O/c11-9-6-8(13-4-2-1-3-5-13)7-10(12)14(9)18-19(15,16)17;/h1-2,6-7H,3-5H2,(H4,11,12,15,16,17);1H2. The third-order valence-corrected chi connectivity index (χ3v) is 2.99. The van der Waals surface area contributed by atoms with Crippen LogP contribution in [-0.2, 0) is 10.4 Å². The van der Waals surface area contributed by atoms with Crippen molar-refractivity contribution in [3.8, 4) is 0 Å². The van der Waals surface area contributed by atoms with Crippen LogP contribution in [0.4, 0.5) is 17.3 Å². The maximum atomic E-state index is 10.7. The summed E-state index contributed by atoms with van der Waals surface area (Å²) in [5.41, 5.74) is 12.1. The average molecular weight is 304 g/mol. The van der Waals surface area contributed by atoms with Crippen molar-refractivity contribution >= 4 is 27.7 Å². The lowest BCUT2D eigenvalue weighted by Crippen LogP contribution is -2.50. The van der Waals surface area contributed by atoms with Crippen LogP contribution in [0.3, 0.4) is 0 Å². The Labute approximate surface area is 116 Å². The van der Waals surface area contributed by atoms with Crippen LogP contribution in [0.2, 0.25) is 0 Å². The first-order chi connectivity index (χ1) is 8.87. The van der Waals surface area contributed by atoms with Crippen LogP contribution in [-0.4, -0.2) is 31.5 Å². The summed E-state index contributed by atoms with van der Waals surface area (Å²) >= 11 is 0. The summed E-state index contributed by atoms with van der Waals surface area (Å²) in [7, 11) is -4.68. The Morgan fingerprint density at radius 3 is 2.30 bits per heavy atom. The molecule has 0 spiro atoms. The van der Waals surface area contributed by atoms with Crippen molar-refractivity contribution in [3.63, 3.8) is 0 Å². The molecule has 6 N–H and O–H groups in total. The minimum Gasteiger partial charge on any atom is -0.870 e. The number of nitrogen functional groups attached to an aromatic ring is 2. The predicted octanol–water partition coefficient (Wildman–Crippen LogP) is -1.04. The van der Waals surface area contributed by atoms with Crippen molar-refractivity contribution in [3.05, 3.63) is 24.3 Å². The van der Waals surface area contributed by atoms with E-state index in [0.717, 1.165) is 25.2 Å². The van der Waals surface area contributed by atoms with E-state index in [0.29, 0.717) is 4.73 Å². The number of nitrogens with two attached hydrogens (primary N) is 2. The molecule has 1 aromatic heterocycles. The lowest BCUT2D eigenvalue weighted by Gasteiger charge is -2.25. The summed E-state index contributed by atoms with van der Waals surface area (Å²) in [6.07, 6.45) is 5.01. The molecule has 2 heterocycles. The van der Waals surface area contributed by atoms with E-state index in [-0.39, 0.29) is 17.1 Å². The van der Waals surface area contributed by atoms with Crippen LogP contribution in [0.15, 0.2) is 24.3 Å². The third-order valence-electron chi connectivity index (χ3n) is 2.65. The van der Waals surface area contributed by atoms with E-state index < -0.39 is 10.4 Å². The smallest absolute Gasteiger partial charge is 0.476 e. The first-order valence-corrected chi connectivity index (χ1v) is 6.92. The fourth-order valence-electron chi connectivity index (χ4n) is 1.85. The van der Waals surface area contributed by atoms with Crippen molar-refractivity contribution in [1.29, 1.82) is 0 Å². The molecule has 0 atom stereocenters. The Bertz CT molecular complexity index is 593. The molecule has 1 aromatic rings. The Morgan fingerprint density at radius 2 is 1.85 bits per heavy atom. The molecular formula is C10H16N4O5S. The summed E-state index contributed by atoms with van der Waals surface area (Å²) in [6, 6.07) is 3.06. The van der Waals surface area contributed by atoms with Gasteiger partial charge in [0.15, 0.2) is 0 Å². The van der Waals surface area contributed by atoms with Crippen LogP contribution in [0.5, 0.6) is 0 Å². The molecule has 9 nitrogen and oxygen atoms in total. The van der Waals surface area contributed by atoms with E-state index in [2.05, 4.69) is 10.4 Å². The number of hydrogen-bond donors (Lipinski definition) is 3. The fourth-order valence-corrected chi connectivity index (χ4v) is 2.21. The van der Waals surface area contributed by atoms with E-state index in [4.69, 9.17) is 16.0 Å². The molecule has 0 fully saturated rings. The first kappa shape index (κ1) is 16.0. The van der Waals surface area contributed by atoms with Gasteiger partial charge < -0.3 is 21.8 Å². The second-order valence-electron chi connectivity index (χ2n) is 4.07. The van der Waals surface area contributed by atoms with Gasteiger partial charge in [0.2, 0.25) is 0 Å². The van der Waals surface area contributed by atoms with Gasteiger partial charge >= 0.3 is 10.4 Å². The SMILES string of the molecule is Nc1cc(N2CC=CCC2)cc(N)[n+]1OS(=O)(=O)O.[OH-]. The molecule has 20 heavy (non-hydrogen) atoms. The van der Waals surface area contributed by atoms with Crippen LogP contribution in [0.25, 0.3) is 0 Å². The quantitative estimate of drug-likeness (QED) is 0.363. The topological polar surface area (TPSA) is 153 Å². The Hall–Kier alpha value is -2.04. The van der Waals surface area contributed by atoms with E-state index in [9.17, 15) is 8.42 Å². The summed E-state index contributed by atoms with van der Waals surface area (Å²) in [5, 5.41) is 0. The third kappa shape index (κ3) is 3.73. The number of aromatic nitrogens is 1. The highest BCUT2D eigenvalue weighted by Gasteiger charge is 2.20. The zero-order chi connectivity index (χ0) is 14.0. The molecular weight excluding hydrogens is 288 g/mol. The average Bonchev–Trinajstić information content (AvgIpc) is 2.33. The second kappa shape index (κ2) is 5.94. The van der Waals surface area contributed by atoms with Gasteiger partial charge in [-0.15, -0.1) is 0 Å². The lowest BCUT2D eigenvalue weighted by molar-refractivity contribution is -0.833. The molecule has 112 valence electrons. The maximum Gasteiger partial charge on any atom is 0.476 e. The monoisotopic (exact) mass is 304 g/mol. The molecule has 1 aliphatic rings. The summed E-state index contributed by atoms with van der Waals surface area (Å²) in [6.45, 7) is 1.54. The maximum absolute atomic E-state index is 10.7. The molecule has 0 saturated heterocycles. The normalized spacial score (nSPS) is 14.8. The highest BCUT2D eigenvalue weighted by atomic mass is 32.3. The van der Waals surface area contributed by atoms with Crippen LogP contribution < -0.4 is 25.4 Å². The summed E-state index contributed by atoms with van der Waals surface area (Å²) in [5.74, 6) is -0.0515. The van der Waals surface area contributed by atoms with Gasteiger partial charge in [-0.2, -0.15) is 8.42 Å². The van der Waals surface area contributed by atoms with Gasteiger partial charge in [-0.1, -0.05) is 12.2 Å². The van der Waals surface area contributed by atoms with Crippen LogP contribution >= 0.6 is 0 Å². The minimum absolute atomic E-state index is 0. The van der Waals surface area contributed by atoms with Gasteiger partial charge in [-0.3, -0.25) is 4.55 Å². The van der Waals surface area contributed by atoms with Gasteiger partial charge in [0.05, 0.1) is 5.69 Å². The van der Waals surface area contributed by atoms with Crippen molar-refractivity contribution in [2.24, 2.45) is 0 Å². The molecule has 1 aliphatic heterocycles. The van der Waals surface area contributed by atoms with Gasteiger partial charge in [0.25, 0.3) is 11.6 Å². The number of hydrogen-bond acceptors (Lipinski definition) is 7. The summed E-state index contributed by atoms with van der Waals surface area (Å²) in [4.78, 5) is 2.03. The largest absolute Gasteiger partial charge is 0.870 e. The molecule has 0 aliphatic carbocycles. The molecule has 0 aromatic carbocycles. The van der Waals surface area contributed by atoms with E-state index in [1.165, 1.54) is 12.1 Å². The molecule has 0 bridgehead atoms. The number of nitrogens with zero attached hydrogens (tertiary/aromatic N) is 2.